The Hall–Kier alpha value is -4.86. The van der Waals surface area contributed by atoms with Gasteiger partial charge in [0.15, 0.2) is 0 Å². The van der Waals surface area contributed by atoms with Gasteiger partial charge in [-0.1, -0.05) is 38.1 Å². The van der Waals surface area contributed by atoms with E-state index in [1.54, 1.807) is 16.6 Å². The third kappa shape index (κ3) is 5.32. The molecule has 1 N–H and O–H groups in total. The van der Waals surface area contributed by atoms with Crippen molar-refractivity contribution >= 4 is 23.0 Å². The van der Waals surface area contributed by atoms with Crippen molar-refractivity contribution in [2.24, 2.45) is 0 Å². The summed E-state index contributed by atoms with van der Waals surface area (Å²) in [7, 11) is 0. The molecule has 1 saturated heterocycles. The number of pyridine rings is 1. The van der Waals surface area contributed by atoms with Gasteiger partial charge < -0.3 is 10.2 Å². The molecule has 0 radical (unpaired) electrons. The number of rotatable bonds is 6. The van der Waals surface area contributed by atoms with E-state index in [1.807, 2.05) is 53.6 Å². The number of piperidine rings is 1. The fourth-order valence-electron chi connectivity index (χ4n) is 5.35. The maximum atomic E-state index is 13.6. The molecule has 4 heterocycles. The number of fused-ring (bicyclic) bond motifs is 1. The van der Waals surface area contributed by atoms with Crippen LogP contribution < -0.4 is 5.32 Å². The summed E-state index contributed by atoms with van der Waals surface area (Å²) in [6.45, 7) is 5.46. The number of carbonyl (C=O) groups excluding carboxylic acids is 2. The minimum Gasteiger partial charge on any atom is -0.338 e. The summed E-state index contributed by atoms with van der Waals surface area (Å²) in [5, 5.41) is 11.7. The summed E-state index contributed by atoms with van der Waals surface area (Å²) in [4.78, 5) is 32.3. The highest BCUT2D eigenvalue weighted by atomic mass is 19.1. The van der Waals surface area contributed by atoms with Gasteiger partial charge in [0.2, 0.25) is 5.82 Å². The Morgan fingerprint density at radius 2 is 1.76 bits per heavy atom. The molecule has 0 bridgehead atoms. The van der Waals surface area contributed by atoms with E-state index in [0.29, 0.717) is 35.9 Å². The lowest BCUT2D eigenvalue weighted by Gasteiger charge is -2.32. The van der Waals surface area contributed by atoms with Crippen LogP contribution in [0.3, 0.4) is 0 Å². The van der Waals surface area contributed by atoms with Gasteiger partial charge in [-0.2, -0.15) is 5.10 Å². The van der Waals surface area contributed by atoms with Crippen molar-refractivity contribution in [1.82, 2.24) is 29.3 Å². The Kier molecular flexibility index (Phi) is 7.05. The van der Waals surface area contributed by atoms with Crippen LogP contribution in [0, 0.1) is 5.82 Å². The minimum absolute atomic E-state index is 0.0119. The molecule has 208 valence electrons. The molecule has 10 heteroatoms. The molecule has 1 aliphatic rings. The Bertz CT molecular complexity index is 1720. The largest absolute Gasteiger partial charge is 0.338 e. The molecule has 2 aromatic carbocycles. The quantitative estimate of drug-likeness (QED) is 0.303. The number of likely N-dealkylation sites (tertiary alicyclic amines) is 1. The van der Waals surface area contributed by atoms with E-state index < -0.39 is 11.7 Å². The van der Waals surface area contributed by atoms with Crippen LogP contribution in [0.1, 0.15) is 70.8 Å². The first-order chi connectivity index (χ1) is 19.9. The van der Waals surface area contributed by atoms with Crippen LogP contribution in [0.5, 0.6) is 0 Å². The van der Waals surface area contributed by atoms with Gasteiger partial charge in [-0.05, 0) is 72.7 Å². The lowest BCUT2D eigenvalue weighted by atomic mass is 9.89. The third-order valence-electron chi connectivity index (χ3n) is 7.52. The number of hydrogen-bond donors (Lipinski definition) is 1. The number of nitrogens with zero attached hydrogens (tertiary/aromatic N) is 6. The molecular weight excluding hydrogens is 521 g/mol. The van der Waals surface area contributed by atoms with Crippen LogP contribution in [-0.4, -0.2) is 54.2 Å². The fourth-order valence-corrected chi connectivity index (χ4v) is 5.35. The molecule has 9 nitrogen and oxygen atoms in total. The average molecular weight is 552 g/mol. The number of halogens is 1. The van der Waals surface area contributed by atoms with Crippen LogP contribution in [0.2, 0.25) is 0 Å². The smallest absolute Gasteiger partial charge is 0.295 e. The van der Waals surface area contributed by atoms with Crippen molar-refractivity contribution in [2.75, 3.05) is 18.4 Å². The molecule has 5 aromatic rings. The lowest BCUT2D eigenvalue weighted by Crippen LogP contribution is -2.38. The summed E-state index contributed by atoms with van der Waals surface area (Å²) >= 11 is 0. The monoisotopic (exact) mass is 551 g/mol. The number of aromatic nitrogens is 5. The number of nitrogens with one attached hydrogen (secondary N) is 1. The number of carbonyl (C=O) groups is 2. The van der Waals surface area contributed by atoms with E-state index in [-0.39, 0.29) is 17.6 Å². The van der Waals surface area contributed by atoms with E-state index in [2.05, 4.69) is 34.3 Å². The van der Waals surface area contributed by atoms with Crippen molar-refractivity contribution in [2.45, 2.75) is 38.5 Å². The van der Waals surface area contributed by atoms with Gasteiger partial charge in [-0.3, -0.25) is 9.59 Å². The second kappa shape index (κ2) is 11.0. The summed E-state index contributed by atoms with van der Waals surface area (Å²) in [6, 6.07) is 19.5. The van der Waals surface area contributed by atoms with Crippen LogP contribution in [0.25, 0.3) is 11.2 Å². The highest BCUT2D eigenvalue weighted by Crippen LogP contribution is 2.31. The van der Waals surface area contributed by atoms with Gasteiger partial charge in [-0.15, -0.1) is 5.10 Å². The molecule has 0 aliphatic carbocycles. The molecule has 0 saturated carbocycles. The Labute approximate surface area is 236 Å². The van der Waals surface area contributed by atoms with E-state index >= 15 is 0 Å². The van der Waals surface area contributed by atoms with Gasteiger partial charge in [0.1, 0.15) is 12.1 Å². The van der Waals surface area contributed by atoms with Gasteiger partial charge in [0, 0.05) is 25.0 Å². The predicted octanol–water partition coefficient (Wildman–Crippen LogP) is 5.45. The molecule has 41 heavy (non-hydrogen) atoms. The zero-order valence-corrected chi connectivity index (χ0v) is 22.9. The third-order valence-corrected chi connectivity index (χ3v) is 7.52. The van der Waals surface area contributed by atoms with Crippen LogP contribution in [-0.2, 0) is 0 Å². The van der Waals surface area contributed by atoms with E-state index in [1.165, 1.54) is 28.7 Å². The lowest BCUT2D eigenvalue weighted by molar-refractivity contribution is 0.0713. The van der Waals surface area contributed by atoms with Crippen LogP contribution in [0.15, 0.2) is 79.3 Å². The number of amides is 2. The molecule has 0 atom stereocenters. The molecule has 6 rings (SSSR count). The van der Waals surface area contributed by atoms with Gasteiger partial charge in [0.05, 0.1) is 22.5 Å². The molecule has 1 fully saturated rings. The standard InChI is InChI=1S/C31H30FN7O2/c1-20(2)28-27(26-8-3-4-15-38(26)35-28)31(41)37-16-13-22(14-17-37)21-9-11-24(12-10-21)34-30(40)29-33-19-39(36-29)25-7-5-6-23(32)18-25/h3-12,15,18-20,22H,13-14,16-17H2,1-2H3,(H,34,40). The van der Waals surface area contributed by atoms with Gasteiger partial charge >= 0.3 is 0 Å². The average Bonchev–Trinajstić information content (AvgIpc) is 3.64. The van der Waals surface area contributed by atoms with Crippen molar-refractivity contribution in [3.05, 3.63) is 108 Å². The van der Waals surface area contributed by atoms with Crippen LogP contribution >= 0.6 is 0 Å². The zero-order chi connectivity index (χ0) is 28.5. The summed E-state index contributed by atoms with van der Waals surface area (Å²) in [5.41, 5.74) is 4.65. The first-order valence-corrected chi connectivity index (χ1v) is 13.7. The SMILES string of the molecule is CC(C)c1nn2ccccc2c1C(=O)N1CCC(c2ccc(NC(=O)c3ncn(-c4cccc(F)c4)n3)cc2)CC1. The topological polar surface area (TPSA) is 97.4 Å². The molecule has 2 amide bonds. The zero-order valence-electron chi connectivity index (χ0n) is 22.9. The summed E-state index contributed by atoms with van der Waals surface area (Å²) in [5.74, 6) is -0.352. The minimum atomic E-state index is -0.451. The maximum Gasteiger partial charge on any atom is 0.295 e. The van der Waals surface area contributed by atoms with E-state index in [9.17, 15) is 14.0 Å². The summed E-state index contributed by atoms with van der Waals surface area (Å²) in [6.07, 6.45) is 4.97. The second-order valence-electron chi connectivity index (χ2n) is 10.6. The summed E-state index contributed by atoms with van der Waals surface area (Å²) < 4.78 is 16.7. The molecule has 1 aliphatic heterocycles. The highest BCUT2D eigenvalue weighted by molar-refractivity contribution is 6.02. The van der Waals surface area contributed by atoms with Crippen molar-refractivity contribution in [3.63, 3.8) is 0 Å². The van der Waals surface area contributed by atoms with E-state index in [0.717, 1.165) is 24.1 Å². The fraction of sp³-hybridized carbons (Fsp3) is 0.258. The number of hydrogen-bond acceptors (Lipinski definition) is 5. The Morgan fingerprint density at radius 3 is 2.49 bits per heavy atom. The van der Waals surface area contributed by atoms with Crippen molar-refractivity contribution in [1.29, 1.82) is 0 Å². The van der Waals surface area contributed by atoms with Crippen LogP contribution in [0.4, 0.5) is 10.1 Å². The Balaban J connectivity index is 1.08. The maximum absolute atomic E-state index is 13.6. The number of anilines is 1. The normalized spacial score (nSPS) is 14.1. The second-order valence-corrected chi connectivity index (χ2v) is 10.6. The predicted molar refractivity (Wildman–Crippen MR) is 153 cm³/mol. The molecular formula is C31H30FN7O2. The number of benzene rings is 2. The molecule has 3 aromatic heterocycles. The molecule has 0 spiro atoms. The highest BCUT2D eigenvalue weighted by Gasteiger charge is 2.29. The van der Waals surface area contributed by atoms with Crippen molar-refractivity contribution in [3.8, 4) is 5.69 Å². The first-order valence-electron chi connectivity index (χ1n) is 13.7. The van der Waals surface area contributed by atoms with Crippen molar-refractivity contribution < 1.29 is 14.0 Å². The Morgan fingerprint density at radius 1 is 0.976 bits per heavy atom. The van der Waals surface area contributed by atoms with E-state index in [4.69, 9.17) is 0 Å². The van der Waals surface area contributed by atoms with Gasteiger partial charge in [0.25, 0.3) is 11.8 Å². The van der Waals surface area contributed by atoms with Gasteiger partial charge in [-0.25, -0.2) is 18.6 Å². The first kappa shape index (κ1) is 26.4. The molecule has 0 unspecified atom stereocenters.